The van der Waals surface area contributed by atoms with E-state index in [1.165, 1.54) is 12.1 Å². The van der Waals surface area contributed by atoms with Gasteiger partial charge in [-0.25, -0.2) is 9.37 Å². The van der Waals surface area contributed by atoms with Gasteiger partial charge in [0.25, 0.3) is 5.91 Å². The summed E-state index contributed by atoms with van der Waals surface area (Å²) in [5, 5.41) is 12.6. The number of carbonyl (C=O) groups excluding carboxylic acids is 1. The monoisotopic (exact) mass is 472 g/mol. The van der Waals surface area contributed by atoms with Gasteiger partial charge in [0.1, 0.15) is 11.5 Å². The molecule has 1 aromatic carbocycles. The molecule has 4 aromatic heterocycles. The van der Waals surface area contributed by atoms with Crippen LogP contribution in [0.25, 0.3) is 33.7 Å². The zero-order chi connectivity index (χ0) is 24.5. The Kier molecular flexibility index (Phi) is 5.90. The van der Waals surface area contributed by atoms with Crippen LogP contribution in [0.4, 0.5) is 4.39 Å². The van der Waals surface area contributed by atoms with E-state index in [1.807, 2.05) is 26.1 Å². The van der Waals surface area contributed by atoms with E-state index in [-0.39, 0.29) is 11.7 Å². The van der Waals surface area contributed by atoms with Crippen LogP contribution >= 0.6 is 0 Å². The summed E-state index contributed by atoms with van der Waals surface area (Å²) in [6.07, 6.45) is 3.06. The third kappa shape index (κ3) is 4.44. The quantitative estimate of drug-likeness (QED) is 0.368. The molecule has 5 rings (SSSR count). The van der Waals surface area contributed by atoms with E-state index in [9.17, 15) is 9.18 Å². The Labute approximate surface area is 201 Å². The van der Waals surface area contributed by atoms with Gasteiger partial charge in [-0.15, -0.1) is 0 Å². The van der Waals surface area contributed by atoms with E-state index in [0.717, 1.165) is 40.9 Å². The molecule has 0 aliphatic heterocycles. The number of pyridine rings is 1. The number of nitrogens with zero attached hydrogens (tertiary/aromatic N) is 5. The molecule has 0 radical (unpaired) electrons. The van der Waals surface area contributed by atoms with Crippen molar-refractivity contribution in [1.82, 2.24) is 29.9 Å². The second kappa shape index (κ2) is 9.17. The van der Waals surface area contributed by atoms with Gasteiger partial charge in [0, 0.05) is 31.9 Å². The Hall–Kier alpha value is -4.27. The second-order valence-corrected chi connectivity index (χ2v) is 8.56. The van der Waals surface area contributed by atoms with Gasteiger partial charge in [0.05, 0.1) is 28.6 Å². The van der Waals surface area contributed by atoms with Crippen LogP contribution in [0.1, 0.15) is 28.2 Å². The Morgan fingerprint density at radius 1 is 1.17 bits per heavy atom. The predicted molar refractivity (Wildman–Crippen MR) is 130 cm³/mol. The molecule has 0 spiro atoms. The van der Waals surface area contributed by atoms with E-state index >= 15 is 0 Å². The van der Waals surface area contributed by atoms with Crippen LogP contribution in [0, 0.1) is 12.7 Å². The molecule has 0 unspecified atom stereocenters. The Morgan fingerprint density at radius 3 is 2.71 bits per heavy atom. The van der Waals surface area contributed by atoms with Crippen molar-refractivity contribution in [3.05, 3.63) is 77.6 Å². The lowest BCUT2D eigenvalue weighted by atomic mass is 10.1. The van der Waals surface area contributed by atoms with Gasteiger partial charge in [0.2, 0.25) is 0 Å². The van der Waals surface area contributed by atoms with Crippen molar-refractivity contribution in [3.63, 3.8) is 0 Å². The highest BCUT2D eigenvalue weighted by atomic mass is 19.1. The van der Waals surface area contributed by atoms with Crippen molar-refractivity contribution in [2.24, 2.45) is 7.05 Å². The number of aryl methyl sites for hydroxylation is 3. The van der Waals surface area contributed by atoms with E-state index in [4.69, 9.17) is 4.42 Å². The normalized spacial score (nSPS) is 11.3. The molecule has 0 aliphatic carbocycles. The zero-order valence-electron chi connectivity index (χ0n) is 19.7. The fourth-order valence-electron chi connectivity index (χ4n) is 4.24. The molecule has 1 amide bonds. The van der Waals surface area contributed by atoms with Crippen molar-refractivity contribution in [2.45, 2.75) is 19.8 Å². The Balaban J connectivity index is 1.31. The van der Waals surface area contributed by atoms with Crippen molar-refractivity contribution in [2.75, 3.05) is 13.6 Å². The van der Waals surface area contributed by atoms with Gasteiger partial charge in [0.15, 0.2) is 11.4 Å². The van der Waals surface area contributed by atoms with Gasteiger partial charge < -0.3 is 9.32 Å². The van der Waals surface area contributed by atoms with Gasteiger partial charge in [-0.2, -0.15) is 10.2 Å². The molecule has 4 heterocycles. The first kappa shape index (κ1) is 22.5. The van der Waals surface area contributed by atoms with Crippen molar-refractivity contribution >= 4 is 16.9 Å². The number of rotatable bonds is 7. The first-order valence-corrected chi connectivity index (χ1v) is 11.3. The van der Waals surface area contributed by atoms with Gasteiger partial charge in [-0.1, -0.05) is 0 Å². The molecule has 35 heavy (non-hydrogen) atoms. The SMILES string of the molecule is Cc1nn(C)c2nc(-c3ccco3)cc(C(=O)N(C)CCCc3cc(-c4ccc(F)cc4)n[nH]3)c12. The number of hydrogen-bond donors (Lipinski definition) is 1. The molecular formula is C26H25FN6O2. The molecule has 0 saturated heterocycles. The Bertz CT molecular complexity index is 1480. The smallest absolute Gasteiger partial charge is 0.254 e. The number of furan rings is 1. The lowest BCUT2D eigenvalue weighted by Gasteiger charge is -2.18. The summed E-state index contributed by atoms with van der Waals surface area (Å²) < 4.78 is 20.4. The van der Waals surface area contributed by atoms with Gasteiger partial charge in [-0.05, 0) is 68.3 Å². The van der Waals surface area contributed by atoms with Gasteiger partial charge in [-0.3, -0.25) is 14.6 Å². The maximum Gasteiger partial charge on any atom is 0.254 e. The number of carbonyl (C=O) groups is 1. The summed E-state index contributed by atoms with van der Waals surface area (Å²) in [5.41, 5.74) is 5.10. The molecule has 0 saturated carbocycles. The molecule has 0 aliphatic rings. The maximum atomic E-state index is 13.5. The molecule has 5 aromatic rings. The number of aromatic amines is 1. The summed E-state index contributed by atoms with van der Waals surface area (Å²) in [6.45, 7) is 2.44. The minimum absolute atomic E-state index is 0.0991. The average molecular weight is 473 g/mol. The topological polar surface area (TPSA) is 92.8 Å². The number of nitrogens with one attached hydrogen (secondary N) is 1. The first-order valence-electron chi connectivity index (χ1n) is 11.3. The highest BCUT2D eigenvalue weighted by Gasteiger charge is 2.22. The highest BCUT2D eigenvalue weighted by molar-refractivity contribution is 6.07. The number of aromatic nitrogens is 5. The van der Waals surface area contributed by atoms with Crippen molar-refractivity contribution in [1.29, 1.82) is 0 Å². The number of halogens is 1. The Morgan fingerprint density at radius 2 is 1.97 bits per heavy atom. The minimum Gasteiger partial charge on any atom is -0.463 e. The summed E-state index contributed by atoms with van der Waals surface area (Å²) in [6, 6.07) is 13.6. The fourth-order valence-corrected chi connectivity index (χ4v) is 4.24. The predicted octanol–water partition coefficient (Wildman–Crippen LogP) is 4.77. The average Bonchev–Trinajstić information content (AvgIpc) is 3.60. The zero-order valence-corrected chi connectivity index (χ0v) is 19.7. The lowest BCUT2D eigenvalue weighted by Crippen LogP contribution is -2.28. The van der Waals surface area contributed by atoms with Crippen LogP contribution in [0.15, 0.2) is 59.2 Å². The summed E-state index contributed by atoms with van der Waals surface area (Å²) in [7, 11) is 3.61. The number of fused-ring (bicyclic) bond motifs is 1. The molecular weight excluding hydrogens is 447 g/mol. The van der Waals surface area contributed by atoms with Crippen molar-refractivity contribution < 1.29 is 13.6 Å². The molecule has 178 valence electrons. The largest absolute Gasteiger partial charge is 0.463 e. The van der Waals surface area contributed by atoms with Crippen LogP contribution in [0.2, 0.25) is 0 Å². The molecule has 0 bridgehead atoms. The van der Waals surface area contributed by atoms with E-state index < -0.39 is 0 Å². The molecule has 8 nitrogen and oxygen atoms in total. The van der Waals surface area contributed by atoms with Crippen LogP contribution < -0.4 is 0 Å². The van der Waals surface area contributed by atoms with E-state index in [1.54, 1.807) is 47.2 Å². The van der Waals surface area contributed by atoms with Crippen LogP contribution in [-0.2, 0) is 13.5 Å². The third-order valence-electron chi connectivity index (χ3n) is 6.03. The van der Waals surface area contributed by atoms with Gasteiger partial charge >= 0.3 is 0 Å². The number of hydrogen-bond acceptors (Lipinski definition) is 5. The van der Waals surface area contributed by atoms with E-state index in [0.29, 0.717) is 29.2 Å². The maximum absolute atomic E-state index is 13.5. The summed E-state index contributed by atoms with van der Waals surface area (Å²) in [4.78, 5) is 19.9. The summed E-state index contributed by atoms with van der Waals surface area (Å²) >= 11 is 0. The molecule has 9 heteroatoms. The lowest BCUT2D eigenvalue weighted by molar-refractivity contribution is 0.0795. The third-order valence-corrected chi connectivity index (χ3v) is 6.03. The first-order chi connectivity index (χ1) is 16.9. The molecule has 0 atom stereocenters. The second-order valence-electron chi connectivity index (χ2n) is 8.56. The number of amides is 1. The van der Waals surface area contributed by atoms with Crippen LogP contribution in [0.3, 0.4) is 0 Å². The molecule has 1 N–H and O–H groups in total. The number of H-pyrrole nitrogens is 1. The molecule has 0 fully saturated rings. The van der Waals surface area contributed by atoms with Crippen LogP contribution in [0.5, 0.6) is 0 Å². The van der Waals surface area contributed by atoms with Crippen molar-refractivity contribution in [3.8, 4) is 22.7 Å². The summed E-state index contributed by atoms with van der Waals surface area (Å²) in [5.74, 6) is 0.220. The van der Waals surface area contributed by atoms with E-state index in [2.05, 4.69) is 20.3 Å². The fraction of sp³-hybridized carbons (Fsp3) is 0.231. The number of benzene rings is 1. The van der Waals surface area contributed by atoms with Crippen LogP contribution in [-0.4, -0.2) is 49.4 Å². The highest BCUT2D eigenvalue weighted by Crippen LogP contribution is 2.28. The minimum atomic E-state index is -0.276. The standard InChI is InChI=1S/C26H25FN6O2/c1-16-24-20(15-22(23-7-5-13-35-23)28-25(24)33(3)31-16)26(34)32(2)12-4-6-19-14-21(30-29-19)17-8-10-18(27)11-9-17/h5,7-11,13-15H,4,6,12H2,1-3H3,(H,29,30).